The molecule has 0 atom stereocenters. The highest BCUT2D eigenvalue weighted by atomic mass is 16.2. The number of benzene rings is 1. The first-order valence-electron chi connectivity index (χ1n) is 6.25. The van der Waals surface area contributed by atoms with E-state index in [1.165, 1.54) is 11.9 Å². The van der Waals surface area contributed by atoms with Crippen LogP contribution in [0.15, 0.2) is 18.2 Å². The summed E-state index contributed by atoms with van der Waals surface area (Å²) in [7, 11) is 3.13. The summed E-state index contributed by atoms with van der Waals surface area (Å²) >= 11 is 0. The number of amides is 2. The first-order chi connectivity index (χ1) is 9.49. The van der Waals surface area contributed by atoms with E-state index in [1.807, 2.05) is 6.92 Å². The second-order valence-corrected chi connectivity index (χ2v) is 4.37. The van der Waals surface area contributed by atoms with Gasteiger partial charge in [0, 0.05) is 25.2 Å². The van der Waals surface area contributed by atoms with Crippen LogP contribution >= 0.6 is 0 Å². The van der Waals surface area contributed by atoms with E-state index in [4.69, 9.17) is 5.73 Å². The molecular formula is C15H19N3O2. The minimum absolute atomic E-state index is 0.0309. The molecule has 1 rings (SSSR count). The third-order valence-corrected chi connectivity index (χ3v) is 2.80. The number of aryl methyl sites for hydroxylation is 1. The average molecular weight is 273 g/mol. The minimum Gasteiger partial charge on any atom is -0.358 e. The largest absolute Gasteiger partial charge is 0.358 e. The maximum Gasteiger partial charge on any atom is 0.254 e. The fourth-order valence-electron chi connectivity index (χ4n) is 1.67. The number of rotatable bonds is 3. The van der Waals surface area contributed by atoms with Gasteiger partial charge < -0.3 is 16.0 Å². The Hall–Kier alpha value is -2.32. The number of carbonyl (C=O) groups is 2. The average Bonchev–Trinajstić information content (AvgIpc) is 2.44. The molecular weight excluding hydrogens is 254 g/mol. The highest BCUT2D eigenvalue weighted by molar-refractivity contribution is 5.96. The van der Waals surface area contributed by atoms with Gasteiger partial charge in [-0.3, -0.25) is 9.59 Å². The summed E-state index contributed by atoms with van der Waals surface area (Å²) in [5, 5.41) is 2.48. The van der Waals surface area contributed by atoms with Crippen molar-refractivity contribution in [3.05, 3.63) is 34.9 Å². The van der Waals surface area contributed by atoms with E-state index in [0.717, 1.165) is 11.1 Å². The first-order valence-corrected chi connectivity index (χ1v) is 6.25. The molecule has 5 nitrogen and oxygen atoms in total. The van der Waals surface area contributed by atoms with E-state index in [1.54, 1.807) is 25.2 Å². The van der Waals surface area contributed by atoms with E-state index in [0.29, 0.717) is 12.1 Å². The summed E-state index contributed by atoms with van der Waals surface area (Å²) < 4.78 is 0. The molecule has 20 heavy (non-hydrogen) atoms. The molecule has 0 heterocycles. The van der Waals surface area contributed by atoms with Gasteiger partial charge >= 0.3 is 0 Å². The molecule has 0 bridgehead atoms. The van der Waals surface area contributed by atoms with E-state index >= 15 is 0 Å². The van der Waals surface area contributed by atoms with E-state index < -0.39 is 0 Å². The highest BCUT2D eigenvalue weighted by Gasteiger charge is 2.14. The minimum atomic E-state index is -0.206. The molecule has 0 aromatic heterocycles. The molecule has 2 amide bonds. The highest BCUT2D eigenvalue weighted by Crippen LogP contribution is 2.11. The van der Waals surface area contributed by atoms with Crippen molar-refractivity contribution in [2.75, 3.05) is 27.2 Å². The van der Waals surface area contributed by atoms with Gasteiger partial charge in [-0.25, -0.2) is 0 Å². The van der Waals surface area contributed by atoms with Crippen molar-refractivity contribution >= 4 is 11.8 Å². The maximum absolute atomic E-state index is 12.2. The van der Waals surface area contributed by atoms with Crippen molar-refractivity contribution in [1.82, 2.24) is 10.2 Å². The summed E-state index contributed by atoms with van der Waals surface area (Å²) in [6.07, 6.45) is 0. The standard InChI is InChI=1S/C15H19N3O2/c1-11-9-13(7-6-12(11)5-4-8-16)15(20)18(3)10-14(19)17-2/h6-7,9H,8,10,16H2,1-3H3,(H,17,19). The van der Waals surface area contributed by atoms with Crippen LogP contribution in [0.25, 0.3) is 0 Å². The lowest BCUT2D eigenvalue weighted by molar-refractivity contribution is -0.121. The third kappa shape index (κ3) is 4.11. The van der Waals surface area contributed by atoms with Gasteiger partial charge in [0.05, 0.1) is 13.1 Å². The Balaban J connectivity index is 2.89. The van der Waals surface area contributed by atoms with E-state index in [2.05, 4.69) is 17.2 Å². The van der Waals surface area contributed by atoms with Crippen LogP contribution in [0.4, 0.5) is 0 Å². The zero-order valence-electron chi connectivity index (χ0n) is 12.0. The van der Waals surface area contributed by atoms with Crippen LogP contribution in [0.2, 0.25) is 0 Å². The predicted octanol–water partition coefficient (Wildman–Crippen LogP) is 0.123. The van der Waals surface area contributed by atoms with Crippen molar-refractivity contribution in [1.29, 1.82) is 0 Å². The second-order valence-electron chi connectivity index (χ2n) is 4.37. The molecule has 3 N–H and O–H groups in total. The molecule has 0 saturated heterocycles. The summed E-state index contributed by atoms with van der Waals surface area (Å²) in [5.41, 5.74) is 7.62. The molecule has 1 aromatic rings. The summed E-state index contributed by atoms with van der Waals surface area (Å²) in [6.45, 7) is 2.22. The van der Waals surface area contributed by atoms with Crippen LogP contribution in [0, 0.1) is 18.8 Å². The monoisotopic (exact) mass is 273 g/mol. The van der Waals surface area contributed by atoms with Crippen LogP contribution in [-0.2, 0) is 4.79 Å². The van der Waals surface area contributed by atoms with Crippen LogP contribution in [0.3, 0.4) is 0 Å². The lowest BCUT2D eigenvalue weighted by Gasteiger charge is -2.16. The Morgan fingerprint density at radius 1 is 1.40 bits per heavy atom. The summed E-state index contributed by atoms with van der Waals surface area (Å²) in [5.74, 6) is 5.32. The Kier molecular flexibility index (Phi) is 5.75. The number of nitrogens with two attached hydrogens (primary N) is 1. The van der Waals surface area contributed by atoms with Gasteiger partial charge in [-0.1, -0.05) is 11.8 Å². The Morgan fingerprint density at radius 3 is 2.65 bits per heavy atom. The van der Waals surface area contributed by atoms with Gasteiger partial charge in [0.15, 0.2) is 0 Å². The van der Waals surface area contributed by atoms with Gasteiger partial charge in [0.1, 0.15) is 0 Å². The molecule has 0 aliphatic heterocycles. The SMILES string of the molecule is CNC(=O)CN(C)C(=O)c1ccc(C#CCN)c(C)c1. The zero-order valence-corrected chi connectivity index (χ0v) is 12.0. The van der Waals surface area contributed by atoms with Crippen molar-refractivity contribution in [2.45, 2.75) is 6.92 Å². The number of nitrogens with zero attached hydrogens (tertiary/aromatic N) is 1. The molecule has 0 radical (unpaired) electrons. The number of hydrogen-bond acceptors (Lipinski definition) is 3. The fraction of sp³-hybridized carbons (Fsp3) is 0.333. The molecule has 5 heteroatoms. The van der Waals surface area contributed by atoms with Crippen LogP contribution in [-0.4, -0.2) is 43.9 Å². The Bertz CT molecular complexity index is 570. The Morgan fingerprint density at radius 2 is 2.10 bits per heavy atom. The van der Waals surface area contributed by atoms with Crippen LogP contribution < -0.4 is 11.1 Å². The number of likely N-dealkylation sites (N-methyl/N-ethyl adjacent to an activating group) is 2. The third-order valence-electron chi connectivity index (χ3n) is 2.80. The van der Waals surface area contributed by atoms with Crippen molar-refractivity contribution in [3.8, 4) is 11.8 Å². The van der Waals surface area contributed by atoms with Gasteiger partial charge in [-0.05, 0) is 30.7 Å². The summed E-state index contributed by atoms with van der Waals surface area (Å²) in [4.78, 5) is 24.8. The lowest BCUT2D eigenvalue weighted by Crippen LogP contribution is -2.36. The quantitative estimate of drug-likeness (QED) is 0.768. The smallest absolute Gasteiger partial charge is 0.254 e. The molecule has 0 saturated carbocycles. The fourth-order valence-corrected chi connectivity index (χ4v) is 1.67. The molecule has 0 spiro atoms. The van der Waals surface area contributed by atoms with Crippen molar-refractivity contribution < 1.29 is 9.59 Å². The Labute approximate surface area is 119 Å². The van der Waals surface area contributed by atoms with E-state index in [9.17, 15) is 9.59 Å². The molecule has 1 aromatic carbocycles. The topological polar surface area (TPSA) is 75.4 Å². The molecule has 0 aliphatic carbocycles. The van der Waals surface area contributed by atoms with Crippen LogP contribution in [0.1, 0.15) is 21.5 Å². The molecule has 0 fully saturated rings. The van der Waals surface area contributed by atoms with Crippen LogP contribution in [0.5, 0.6) is 0 Å². The van der Waals surface area contributed by atoms with Gasteiger partial charge in [-0.2, -0.15) is 0 Å². The van der Waals surface area contributed by atoms with Gasteiger partial charge in [0.2, 0.25) is 5.91 Å². The van der Waals surface area contributed by atoms with Gasteiger partial charge in [0.25, 0.3) is 5.91 Å². The molecule has 106 valence electrons. The number of hydrogen-bond donors (Lipinski definition) is 2. The predicted molar refractivity (Wildman–Crippen MR) is 78.1 cm³/mol. The van der Waals surface area contributed by atoms with Crippen molar-refractivity contribution in [2.24, 2.45) is 5.73 Å². The van der Waals surface area contributed by atoms with E-state index in [-0.39, 0.29) is 18.4 Å². The number of nitrogens with one attached hydrogen (secondary N) is 1. The number of carbonyl (C=O) groups excluding carboxylic acids is 2. The lowest BCUT2D eigenvalue weighted by atomic mass is 10.0. The normalized spacial score (nSPS) is 9.40. The maximum atomic E-state index is 12.2. The molecule has 0 aliphatic rings. The first kappa shape index (κ1) is 15.7. The van der Waals surface area contributed by atoms with Crippen molar-refractivity contribution in [3.63, 3.8) is 0 Å². The zero-order chi connectivity index (χ0) is 15.1. The molecule has 0 unspecified atom stereocenters. The van der Waals surface area contributed by atoms with Gasteiger partial charge in [-0.15, -0.1) is 0 Å². The summed E-state index contributed by atoms with van der Waals surface area (Å²) in [6, 6.07) is 5.26. The second kappa shape index (κ2) is 7.31.